The van der Waals surface area contributed by atoms with Crippen LogP contribution in [0.3, 0.4) is 0 Å². The molecule has 1 saturated heterocycles. The number of nitro groups is 1. The molecule has 1 aromatic carbocycles. The molecule has 0 spiro atoms. The van der Waals surface area contributed by atoms with Crippen LogP contribution in [0, 0.1) is 10.1 Å². The summed E-state index contributed by atoms with van der Waals surface area (Å²) in [5, 5.41) is 19.5. The van der Waals surface area contributed by atoms with Crippen molar-refractivity contribution in [3.63, 3.8) is 0 Å². The van der Waals surface area contributed by atoms with Gasteiger partial charge in [-0.15, -0.1) is 0 Å². The van der Waals surface area contributed by atoms with Gasteiger partial charge in [-0.2, -0.15) is 5.10 Å². The summed E-state index contributed by atoms with van der Waals surface area (Å²) in [5.41, 5.74) is 3.52. The molecule has 0 bridgehead atoms. The number of aromatic nitrogens is 2. The van der Waals surface area contributed by atoms with Crippen molar-refractivity contribution >= 4 is 17.5 Å². The summed E-state index contributed by atoms with van der Waals surface area (Å²) >= 11 is 0. The molecule has 4 rings (SSSR count). The van der Waals surface area contributed by atoms with Crippen molar-refractivity contribution in [3.05, 3.63) is 62.5 Å². The van der Waals surface area contributed by atoms with Gasteiger partial charge in [-0.1, -0.05) is 12.1 Å². The van der Waals surface area contributed by atoms with Gasteiger partial charge >= 0.3 is 5.97 Å². The van der Waals surface area contributed by atoms with Gasteiger partial charge in [-0.25, -0.2) is 4.79 Å². The number of anilines is 1. The summed E-state index contributed by atoms with van der Waals surface area (Å²) in [5.74, 6) is -0.171. The highest BCUT2D eigenvalue weighted by molar-refractivity contribution is 5.94. The molecule has 0 radical (unpaired) electrons. The van der Waals surface area contributed by atoms with Crippen LogP contribution in [0.5, 0.6) is 0 Å². The molecule has 1 N–H and O–H groups in total. The number of non-ortho nitro benzene ring substituents is 1. The smallest absolute Gasteiger partial charge is 0.336 e. The fourth-order valence-corrected chi connectivity index (χ4v) is 4.63. The molecule has 158 valence electrons. The monoisotopic (exact) mass is 411 g/mol. The van der Waals surface area contributed by atoms with E-state index >= 15 is 0 Å². The van der Waals surface area contributed by atoms with Crippen LogP contribution in [0.4, 0.5) is 11.5 Å². The summed E-state index contributed by atoms with van der Waals surface area (Å²) in [6.07, 6.45) is 2.04. The number of hydrogen-bond donors (Lipinski definition) is 1. The average Bonchev–Trinajstić information content (AvgIpc) is 3.29. The molecule has 3 heterocycles. The van der Waals surface area contributed by atoms with Gasteiger partial charge in [0.15, 0.2) is 0 Å². The highest BCUT2D eigenvalue weighted by atomic mass is 16.6. The molecule has 1 fully saturated rings. The van der Waals surface area contributed by atoms with E-state index in [1.165, 1.54) is 19.2 Å². The number of benzene rings is 1. The largest absolute Gasteiger partial charge is 0.466 e. The Bertz CT molecular complexity index is 1060. The lowest BCUT2D eigenvalue weighted by molar-refractivity contribution is -0.384. The summed E-state index contributed by atoms with van der Waals surface area (Å²) in [6, 6.07) is 6.58. The first-order valence-corrected chi connectivity index (χ1v) is 9.91. The van der Waals surface area contributed by atoms with Crippen molar-refractivity contribution < 1.29 is 14.5 Å². The van der Waals surface area contributed by atoms with Gasteiger partial charge in [-0.05, 0) is 38.9 Å². The maximum absolute atomic E-state index is 12.8. The second-order valence-electron chi connectivity index (χ2n) is 7.85. The fourth-order valence-electron chi connectivity index (χ4n) is 4.63. The number of carbonyl (C=O) groups is 1. The van der Waals surface area contributed by atoms with Crippen LogP contribution < -0.4 is 5.32 Å². The fraction of sp³-hybridized carbons (Fsp3) is 0.429. The Morgan fingerprint density at radius 1 is 1.37 bits per heavy atom. The number of fused-ring (bicyclic) bond motifs is 1. The first-order valence-electron chi connectivity index (χ1n) is 9.91. The van der Waals surface area contributed by atoms with Crippen LogP contribution in [0.1, 0.15) is 48.5 Å². The molecule has 2 atom stereocenters. The topological polar surface area (TPSA) is 103 Å². The maximum Gasteiger partial charge on any atom is 0.336 e. The zero-order valence-electron chi connectivity index (χ0n) is 17.5. The van der Waals surface area contributed by atoms with Crippen molar-refractivity contribution in [1.29, 1.82) is 0 Å². The number of methoxy groups -OCH3 is 1. The van der Waals surface area contributed by atoms with Gasteiger partial charge in [0.1, 0.15) is 5.82 Å². The lowest BCUT2D eigenvalue weighted by Gasteiger charge is -2.30. The number of aryl methyl sites for hydroxylation is 1. The number of rotatable bonds is 4. The Balaban J connectivity index is 1.97. The molecular weight excluding hydrogens is 386 g/mol. The predicted molar refractivity (Wildman–Crippen MR) is 111 cm³/mol. The molecule has 0 amide bonds. The first kappa shape index (κ1) is 20.1. The van der Waals surface area contributed by atoms with Crippen molar-refractivity contribution in [1.82, 2.24) is 14.7 Å². The molecule has 1 aromatic heterocycles. The third kappa shape index (κ3) is 3.15. The molecule has 0 aliphatic carbocycles. The van der Waals surface area contributed by atoms with E-state index in [-0.39, 0.29) is 11.7 Å². The van der Waals surface area contributed by atoms with Gasteiger partial charge in [0.25, 0.3) is 5.69 Å². The van der Waals surface area contributed by atoms with Crippen molar-refractivity contribution in [2.45, 2.75) is 31.7 Å². The summed E-state index contributed by atoms with van der Waals surface area (Å²) < 4.78 is 6.88. The molecule has 2 aliphatic heterocycles. The molecule has 0 saturated carbocycles. The van der Waals surface area contributed by atoms with Crippen LogP contribution >= 0.6 is 0 Å². The SMILES string of the molecule is COC(=O)C1=C(C)Nc2c(c(C3CCCN3C)nn2C)C1c1cccc([N+](=O)[O-])c1. The zero-order valence-corrected chi connectivity index (χ0v) is 17.5. The Morgan fingerprint density at radius 3 is 2.77 bits per heavy atom. The second kappa shape index (κ2) is 7.56. The Morgan fingerprint density at radius 2 is 2.13 bits per heavy atom. The van der Waals surface area contributed by atoms with E-state index in [0.717, 1.165) is 36.5 Å². The van der Waals surface area contributed by atoms with Gasteiger partial charge in [0.05, 0.1) is 29.3 Å². The van der Waals surface area contributed by atoms with E-state index in [1.807, 2.05) is 20.0 Å². The molecule has 2 unspecified atom stereocenters. The molecule has 2 aromatic rings. The summed E-state index contributed by atoms with van der Waals surface area (Å²) in [6.45, 7) is 2.79. The third-order valence-electron chi connectivity index (χ3n) is 6.06. The lowest BCUT2D eigenvalue weighted by Crippen LogP contribution is -2.26. The van der Waals surface area contributed by atoms with E-state index in [9.17, 15) is 14.9 Å². The van der Waals surface area contributed by atoms with Gasteiger partial charge in [0, 0.05) is 36.4 Å². The second-order valence-corrected chi connectivity index (χ2v) is 7.85. The number of carbonyl (C=O) groups excluding carboxylic acids is 1. The number of nitrogens with zero attached hydrogens (tertiary/aromatic N) is 4. The van der Waals surface area contributed by atoms with E-state index in [1.54, 1.807) is 10.7 Å². The summed E-state index contributed by atoms with van der Waals surface area (Å²) in [4.78, 5) is 26.0. The van der Waals surface area contributed by atoms with Crippen LogP contribution in [-0.4, -0.2) is 46.3 Å². The first-order chi connectivity index (χ1) is 14.3. The van der Waals surface area contributed by atoms with Gasteiger partial charge < -0.3 is 10.1 Å². The standard InChI is InChI=1S/C21H25N5O4/c1-12-16(21(27)30-4)17(13-7-5-8-14(11-13)26(28)29)18-19(15-9-6-10-24(15)2)23-25(3)20(18)22-12/h5,7-8,11,15,17,22H,6,9-10H2,1-4H3. The normalized spacial score (nSPS) is 21.3. The van der Waals surface area contributed by atoms with E-state index < -0.39 is 16.8 Å². The summed E-state index contributed by atoms with van der Waals surface area (Å²) in [7, 11) is 5.28. The zero-order chi connectivity index (χ0) is 21.6. The van der Waals surface area contributed by atoms with E-state index in [0.29, 0.717) is 16.8 Å². The number of esters is 1. The van der Waals surface area contributed by atoms with Gasteiger partial charge in [0.2, 0.25) is 0 Å². The number of ether oxygens (including phenoxy) is 1. The van der Waals surface area contributed by atoms with Crippen LogP contribution in [0.25, 0.3) is 0 Å². The number of nitrogens with one attached hydrogen (secondary N) is 1. The van der Waals surface area contributed by atoms with Crippen LogP contribution in [0.15, 0.2) is 35.5 Å². The molecule has 9 nitrogen and oxygen atoms in total. The highest BCUT2D eigenvalue weighted by Crippen LogP contribution is 2.47. The number of likely N-dealkylation sites (tertiary alicyclic amines) is 1. The number of allylic oxidation sites excluding steroid dienone is 1. The van der Waals surface area contributed by atoms with Crippen LogP contribution in [-0.2, 0) is 16.6 Å². The highest BCUT2D eigenvalue weighted by Gasteiger charge is 2.40. The molecule has 9 heteroatoms. The van der Waals surface area contributed by atoms with E-state index in [4.69, 9.17) is 9.84 Å². The van der Waals surface area contributed by atoms with Gasteiger partial charge in [-0.3, -0.25) is 19.7 Å². The van der Waals surface area contributed by atoms with Crippen molar-refractivity contribution in [2.75, 3.05) is 26.0 Å². The molecule has 2 aliphatic rings. The lowest BCUT2D eigenvalue weighted by atomic mass is 9.80. The molecular formula is C21H25N5O4. The van der Waals surface area contributed by atoms with Crippen molar-refractivity contribution in [3.8, 4) is 0 Å². The Hall–Kier alpha value is -3.20. The van der Waals surface area contributed by atoms with Crippen molar-refractivity contribution in [2.24, 2.45) is 7.05 Å². The Labute approximate surface area is 174 Å². The minimum absolute atomic E-state index is 0.0159. The predicted octanol–water partition coefficient (Wildman–Crippen LogP) is 3.10. The maximum atomic E-state index is 12.8. The van der Waals surface area contributed by atoms with Crippen LogP contribution in [0.2, 0.25) is 0 Å². The number of nitro benzene ring substituents is 1. The third-order valence-corrected chi connectivity index (χ3v) is 6.06. The number of hydrogen-bond acceptors (Lipinski definition) is 7. The van der Waals surface area contributed by atoms with E-state index in [2.05, 4.69) is 17.3 Å². The molecule has 30 heavy (non-hydrogen) atoms. The minimum Gasteiger partial charge on any atom is -0.466 e. The average molecular weight is 411 g/mol. The minimum atomic E-state index is -0.508. The Kier molecular flexibility index (Phi) is 5.07. The quantitative estimate of drug-likeness (QED) is 0.468.